The quantitative estimate of drug-likeness (QED) is 0.717. The third kappa shape index (κ3) is 1.49. The molecule has 1 aromatic rings. The van der Waals surface area contributed by atoms with Gasteiger partial charge in [-0.2, -0.15) is 0 Å². The lowest BCUT2D eigenvalue weighted by atomic mass is 10.2. The van der Waals surface area contributed by atoms with Gasteiger partial charge in [0.1, 0.15) is 5.82 Å². The highest BCUT2D eigenvalue weighted by atomic mass is 16.3. The number of hydrogen-bond acceptors (Lipinski definition) is 4. The molecule has 1 saturated heterocycles. The maximum Gasteiger partial charge on any atom is 0.150 e. The fourth-order valence-corrected chi connectivity index (χ4v) is 1.44. The smallest absolute Gasteiger partial charge is 0.150 e. The van der Waals surface area contributed by atoms with Gasteiger partial charge >= 0.3 is 0 Å². The Labute approximate surface area is 77.2 Å². The molecular weight excluding hydrogens is 166 g/mol. The molecule has 0 bridgehead atoms. The highest BCUT2D eigenvalue weighted by Gasteiger charge is 2.18. The van der Waals surface area contributed by atoms with Gasteiger partial charge < -0.3 is 10.0 Å². The average molecular weight is 179 g/mol. The van der Waals surface area contributed by atoms with E-state index in [2.05, 4.69) is 14.9 Å². The van der Waals surface area contributed by atoms with Gasteiger partial charge in [0.25, 0.3) is 0 Å². The minimum absolute atomic E-state index is 0.0336. The molecule has 0 amide bonds. The zero-order chi connectivity index (χ0) is 9.26. The molecule has 0 unspecified atom stereocenters. The normalized spacial score (nSPS) is 15.7. The molecule has 0 spiro atoms. The van der Waals surface area contributed by atoms with Crippen molar-refractivity contribution < 1.29 is 5.11 Å². The maximum atomic E-state index is 8.85. The van der Waals surface area contributed by atoms with Gasteiger partial charge in [-0.15, -0.1) is 0 Å². The summed E-state index contributed by atoms with van der Waals surface area (Å²) >= 11 is 0. The van der Waals surface area contributed by atoms with Gasteiger partial charge in [0, 0.05) is 13.1 Å². The second-order valence-electron chi connectivity index (χ2n) is 3.27. The third-order valence-electron chi connectivity index (χ3n) is 2.29. The van der Waals surface area contributed by atoms with Crippen molar-refractivity contribution in [3.63, 3.8) is 0 Å². The van der Waals surface area contributed by atoms with E-state index < -0.39 is 0 Å². The van der Waals surface area contributed by atoms with E-state index >= 15 is 0 Å². The summed E-state index contributed by atoms with van der Waals surface area (Å²) in [5.41, 5.74) is 1.55. The second-order valence-corrected chi connectivity index (χ2v) is 3.27. The van der Waals surface area contributed by atoms with Crippen LogP contribution < -0.4 is 4.90 Å². The zero-order valence-corrected chi connectivity index (χ0v) is 7.69. The molecule has 0 saturated carbocycles. The summed E-state index contributed by atoms with van der Waals surface area (Å²) in [6.45, 7) is 4.05. The zero-order valence-electron chi connectivity index (χ0n) is 7.69. The van der Waals surface area contributed by atoms with Gasteiger partial charge in [-0.1, -0.05) is 0 Å². The molecule has 2 heterocycles. The van der Waals surface area contributed by atoms with E-state index in [4.69, 9.17) is 5.11 Å². The van der Waals surface area contributed by atoms with Crippen LogP contribution in [-0.2, 0) is 6.61 Å². The van der Waals surface area contributed by atoms with Gasteiger partial charge in [-0.05, 0) is 13.3 Å². The van der Waals surface area contributed by atoms with Crippen molar-refractivity contribution in [1.29, 1.82) is 0 Å². The molecular formula is C9H13N3O. The molecule has 0 radical (unpaired) electrons. The Balaban J connectivity index is 2.26. The van der Waals surface area contributed by atoms with Crippen LogP contribution in [0.5, 0.6) is 0 Å². The molecule has 1 aliphatic heterocycles. The van der Waals surface area contributed by atoms with Gasteiger partial charge in [-0.25, -0.2) is 4.98 Å². The molecule has 0 aliphatic carbocycles. The van der Waals surface area contributed by atoms with E-state index in [-0.39, 0.29) is 6.61 Å². The standard InChI is InChI=1S/C9H13N3O/c1-7-9(12-3-2-4-12)10-5-8(6-13)11-7/h5,13H,2-4,6H2,1H3. The number of aromatic nitrogens is 2. The predicted octanol–water partition coefficient (Wildman–Crippen LogP) is 0.487. The van der Waals surface area contributed by atoms with E-state index in [9.17, 15) is 0 Å². The molecule has 13 heavy (non-hydrogen) atoms. The molecule has 70 valence electrons. The first kappa shape index (κ1) is 8.44. The van der Waals surface area contributed by atoms with Gasteiger partial charge in [0.15, 0.2) is 0 Å². The Morgan fingerprint density at radius 1 is 1.54 bits per heavy atom. The summed E-state index contributed by atoms with van der Waals surface area (Å²) in [7, 11) is 0. The van der Waals surface area contributed by atoms with Crippen molar-refractivity contribution in [2.75, 3.05) is 18.0 Å². The highest BCUT2D eigenvalue weighted by molar-refractivity contribution is 5.44. The Kier molecular flexibility index (Phi) is 2.14. The summed E-state index contributed by atoms with van der Waals surface area (Å²) in [6, 6.07) is 0. The van der Waals surface area contributed by atoms with E-state index in [0.29, 0.717) is 5.69 Å². The summed E-state index contributed by atoms with van der Waals surface area (Å²) < 4.78 is 0. The topological polar surface area (TPSA) is 49.3 Å². The lowest BCUT2D eigenvalue weighted by Crippen LogP contribution is -2.38. The first-order valence-corrected chi connectivity index (χ1v) is 4.49. The van der Waals surface area contributed by atoms with Crippen LogP contribution in [0.2, 0.25) is 0 Å². The van der Waals surface area contributed by atoms with Crippen molar-refractivity contribution >= 4 is 5.82 Å². The fourth-order valence-electron chi connectivity index (χ4n) is 1.44. The van der Waals surface area contributed by atoms with Crippen molar-refractivity contribution in [3.8, 4) is 0 Å². The van der Waals surface area contributed by atoms with Crippen molar-refractivity contribution in [2.45, 2.75) is 20.0 Å². The summed E-state index contributed by atoms with van der Waals surface area (Å²) in [5.74, 6) is 0.962. The molecule has 1 aliphatic rings. The van der Waals surface area contributed by atoms with Crippen LogP contribution in [0.25, 0.3) is 0 Å². The number of hydrogen-bond donors (Lipinski definition) is 1. The number of aliphatic hydroxyl groups excluding tert-OH is 1. The SMILES string of the molecule is Cc1nc(CO)cnc1N1CCC1. The minimum Gasteiger partial charge on any atom is -0.390 e. The summed E-state index contributed by atoms with van der Waals surface area (Å²) in [6.07, 6.45) is 2.88. The first-order chi connectivity index (χ1) is 6.31. The Morgan fingerprint density at radius 3 is 2.77 bits per heavy atom. The van der Waals surface area contributed by atoms with Crippen molar-refractivity contribution in [1.82, 2.24) is 9.97 Å². The van der Waals surface area contributed by atoms with E-state index in [0.717, 1.165) is 24.6 Å². The fraction of sp³-hybridized carbons (Fsp3) is 0.556. The van der Waals surface area contributed by atoms with E-state index in [1.54, 1.807) is 6.20 Å². The lowest BCUT2D eigenvalue weighted by Gasteiger charge is -2.32. The molecule has 1 N–H and O–H groups in total. The van der Waals surface area contributed by atoms with Crippen LogP contribution in [-0.4, -0.2) is 28.2 Å². The van der Waals surface area contributed by atoms with Gasteiger partial charge in [-0.3, -0.25) is 4.98 Å². The van der Waals surface area contributed by atoms with Crippen LogP contribution in [0.4, 0.5) is 5.82 Å². The maximum absolute atomic E-state index is 8.85. The predicted molar refractivity (Wildman–Crippen MR) is 49.5 cm³/mol. The number of aliphatic hydroxyl groups is 1. The number of rotatable bonds is 2. The molecule has 1 aromatic heterocycles. The Bertz CT molecular complexity index is 310. The van der Waals surface area contributed by atoms with Crippen LogP contribution in [0.15, 0.2) is 6.20 Å². The molecule has 1 fully saturated rings. The molecule has 4 heteroatoms. The van der Waals surface area contributed by atoms with E-state index in [1.807, 2.05) is 6.92 Å². The number of aryl methyl sites for hydroxylation is 1. The number of anilines is 1. The second kappa shape index (κ2) is 3.30. The van der Waals surface area contributed by atoms with E-state index in [1.165, 1.54) is 6.42 Å². The lowest BCUT2D eigenvalue weighted by molar-refractivity contribution is 0.276. The largest absolute Gasteiger partial charge is 0.390 e. The number of nitrogens with zero attached hydrogens (tertiary/aromatic N) is 3. The minimum atomic E-state index is -0.0336. The monoisotopic (exact) mass is 179 g/mol. The van der Waals surface area contributed by atoms with Crippen LogP contribution >= 0.6 is 0 Å². The third-order valence-corrected chi connectivity index (χ3v) is 2.29. The van der Waals surface area contributed by atoms with Crippen LogP contribution in [0.1, 0.15) is 17.8 Å². The van der Waals surface area contributed by atoms with Gasteiger partial charge in [0.05, 0.1) is 24.2 Å². The Morgan fingerprint density at radius 2 is 2.31 bits per heavy atom. The molecule has 0 aromatic carbocycles. The Hall–Kier alpha value is -1.16. The van der Waals surface area contributed by atoms with Crippen molar-refractivity contribution in [2.24, 2.45) is 0 Å². The molecule has 4 nitrogen and oxygen atoms in total. The first-order valence-electron chi connectivity index (χ1n) is 4.49. The van der Waals surface area contributed by atoms with Crippen LogP contribution in [0.3, 0.4) is 0 Å². The van der Waals surface area contributed by atoms with Gasteiger partial charge in [0.2, 0.25) is 0 Å². The highest BCUT2D eigenvalue weighted by Crippen LogP contribution is 2.20. The average Bonchev–Trinajstić information content (AvgIpc) is 2.05. The molecule has 2 rings (SSSR count). The van der Waals surface area contributed by atoms with Crippen molar-refractivity contribution in [3.05, 3.63) is 17.6 Å². The summed E-state index contributed by atoms with van der Waals surface area (Å²) in [4.78, 5) is 10.7. The summed E-state index contributed by atoms with van der Waals surface area (Å²) in [5, 5.41) is 8.85. The molecule has 0 atom stereocenters. The van der Waals surface area contributed by atoms with Crippen LogP contribution in [0, 0.1) is 6.92 Å².